The van der Waals surface area contributed by atoms with Crippen LogP contribution >= 0.6 is 15.9 Å². The van der Waals surface area contributed by atoms with Crippen molar-refractivity contribution in [1.29, 1.82) is 0 Å². The van der Waals surface area contributed by atoms with Crippen LogP contribution < -0.4 is 0 Å². The summed E-state index contributed by atoms with van der Waals surface area (Å²) in [7, 11) is 0. The topological polar surface area (TPSA) is 41.6 Å². The third-order valence-electron chi connectivity index (χ3n) is 1.55. The molecule has 0 saturated heterocycles. The van der Waals surface area contributed by atoms with Crippen molar-refractivity contribution in [3.63, 3.8) is 0 Å². The number of aryl methyl sites for hydroxylation is 1. The van der Waals surface area contributed by atoms with Gasteiger partial charge in [0.05, 0.1) is 11.7 Å². The monoisotopic (exact) mass is 211 g/mol. The van der Waals surface area contributed by atoms with Crippen LogP contribution in [0.25, 0.3) is 11.0 Å². The molecular formula is C7H6BrN3. The van der Waals surface area contributed by atoms with Crippen LogP contribution in [0.15, 0.2) is 16.9 Å². The number of hydrogen-bond donors (Lipinski definition) is 1. The summed E-state index contributed by atoms with van der Waals surface area (Å²) in [6.45, 7) is 2.00. The van der Waals surface area contributed by atoms with E-state index in [0.717, 1.165) is 21.2 Å². The van der Waals surface area contributed by atoms with Gasteiger partial charge in [-0.1, -0.05) is 0 Å². The van der Waals surface area contributed by atoms with Crippen molar-refractivity contribution < 1.29 is 0 Å². The van der Waals surface area contributed by atoms with Crippen LogP contribution in [0.2, 0.25) is 0 Å². The molecular weight excluding hydrogens is 206 g/mol. The van der Waals surface area contributed by atoms with Gasteiger partial charge in [0.25, 0.3) is 0 Å². The smallest absolute Gasteiger partial charge is 0.109 e. The van der Waals surface area contributed by atoms with E-state index in [-0.39, 0.29) is 0 Å². The average molecular weight is 212 g/mol. The highest BCUT2D eigenvalue weighted by Gasteiger charge is 2.00. The highest BCUT2D eigenvalue weighted by atomic mass is 79.9. The van der Waals surface area contributed by atoms with E-state index in [1.54, 1.807) is 6.20 Å². The maximum Gasteiger partial charge on any atom is 0.109 e. The number of halogens is 1. The van der Waals surface area contributed by atoms with Gasteiger partial charge in [-0.15, -0.1) is 0 Å². The van der Waals surface area contributed by atoms with Crippen molar-refractivity contribution in [2.75, 3.05) is 0 Å². The maximum atomic E-state index is 4.26. The van der Waals surface area contributed by atoms with Crippen molar-refractivity contribution >= 4 is 27.0 Å². The van der Waals surface area contributed by atoms with Crippen molar-refractivity contribution in [1.82, 2.24) is 15.2 Å². The van der Waals surface area contributed by atoms with E-state index >= 15 is 0 Å². The summed E-state index contributed by atoms with van der Waals surface area (Å²) in [5.74, 6) is 0. The Labute approximate surface area is 72.0 Å². The minimum absolute atomic E-state index is 0.881. The fourth-order valence-corrected chi connectivity index (χ4v) is 1.26. The molecule has 0 saturated carbocycles. The first-order chi connectivity index (χ1) is 5.27. The summed E-state index contributed by atoms with van der Waals surface area (Å²) in [6.07, 6.45) is 1.71. The van der Waals surface area contributed by atoms with Gasteiger partial charge in [0.15, 0.2) is 0 Å². The number of rotatable bonds is 0. The van der Waals surface area contributed by atoms with Gasteiger partial charge in [0, 0.05) is 0 Å². The Kier molecular flexibility index (Phi) is 1.42. The zero-order valence-corrected chi connectivity index (χ0v) is 7.51. The predicted octanol–water partition coefficient (Wildman–Crippen LogP) is 2.03. The Morgan fingerprint density at radius 2 is 2.36 bits per heavy atom. The highest BCUT2D eigenvalue weighted by molar-refractivity contribution is 9.10. The Hall–Kier alpha value is -0.900. The second-order valence-electron chi connectivity index (χ2n) is 2.40. The molecule has 0 aliphatic rings. The van der Waals surface area contributed by atoms with Gasteiger partial charge in [0.2, 0.25) is 0 Å². The number of aromatic amines is 1. The van der Waals surface area contributed by atoms with Crippen LogP contribution in [0, 0.1) is 6.92 Å². The van der Waals surface area contributed by atoms with Crippen molar-refractivity contribution in [2.24, 2.45) is 0 Å². The maximum absolute atomic E-state index is 4.26. The van der Waals surface area contributed by atoms with Crippen molar-refractivity contribution in [3.05, 3.63) is 22.4 Å². The number of nitrogens with one attached hydrogen (secondary N) is 1. The lowest BCUT2D eigenvalue weighted by molar-refractivity contribution is 1.12. The fourth-order valence-electron chi connectivity index (χ4n) is 0.955. The minimum Gasteiger partial charge on any atom is -0.276 e. The van der Waals surface area contributed by atoms with E-state index in [2.05, 4.69) is 31.1 Å². The number of fused-ring (bicyclic) bond motifs is 1. The molecule has 0 spiro atoms. The molecule has 2 heterocycles. The van der Waals surface area contributed by atoms with E-state index in [1.165, 1.54) is 0 Å². The summed E-state index contributed by atoms with van der Waals surface area (Å²) in [4.78, 5) is 4.26. The molecule has 11 heavy (non-hydrogen) atoms. The van der Waals surface area contributed by atoms with Gasteiger partial charge < -0.3 is 0 Å². The molecule has 0 radical (unpaired) electrons. The third-order valence-corrected chi connectivity index (χ3v) is 2.36. The van der Waals surface area contributed by atoms with E-state index in [9.17, 15) is 0 Å². The number of hydrogen-bond acceptors (Lipinski definition) is 2. The molecule has 0 aliphatic heterocycles. The van der Waals surface area contributed by atoms with E-state index in [1.807, 2.05) is 13.0 Å². The van der Waals surface area contributed by atoms with Crippen molar-refractivity contribution in [2.45, 2.75) is 6.92 Å². The number of aromatic nitrogens is 3. The van der Waals surface area contributed by atoms with E-state index in [0.29, 0.717) is 0 Å². The molecule has 2 rings (SSSR count). The Morgan fingerprint density at radius 3 is 3.18 bits per heavy atom. The summed E-state index contributed by atoms with van der Waals surface area (Å²) in [5.41, 5.74) is 2.98. The number of nitrogens with zero attached hydrogens (tertiary/aromatic N) is 2. The summed E-state index contributed by atoms with van der Waals surface area (Å²) < 4.78 is 0.881. The molecule has 0 aliphatic carbocycles. The third kappa shape index (κ3) is 1.03. The average Bonchev–Trinajstić information content (AvgIpc) is 2.36. The normalized spacial score (nSPS) is 10.7. The highest BCUT2D eigenvalue weighted by Crippen LogP contribution is 2.17. The van der Waals surface area contributed by atoms with Gasteiger partial charge in [-0.05, 0) is 34.5 Å². The molecule has 1 N–H and O–H groups in total. The van der Waals surface area contributed by atoms with E-state index in [4.69, 9.17) is 0 Å². The SMILES string of the molecule is Cc1cc2[nH]ncc2nc1Br. The molecule has 3 nitrogen and oxygen atoms in total. The van der Waals surface area contributed by atoms with Crippen LogP contribution in [0.4, 0.5) is 0 Å². The molecule has 0 atom stereocenters. The molecule has 0 fully saturated rings. The van der Waals surface area contributed by atoms with Gasteiger partial charge in [0.1, 0.15) is 10.1 Å². The molecule has 56 valence electrons. The summed E-state index contributed by atoms with van der Waals surface area (Å²) >= 11 is 3.35. The molecule has 0 aromatic carbocycles. The second kappa shape index (κ2) is 2.30. The summed E-state index contributed by atoms with van der Waals surface area (Å²) in [6, 6.07) is 2.01. The largest absolute Gasteiger partial charge is 0.276 e. The van der Waals surface area contributed by atoms with Crippen molar-refractivity contribution in [3.8, 4) is 0 Å². The Morgan fingerprint density at radius 1 is 1.55 bits per heavy atom. The minimum atomic E-state index is 0.881. The number of pyridine rings is 1. The van der Waals surface area contributed by atoms with Crippen LogP contribution in [0.3, 0.4) is 0 Å². The standard InChI is InChI=1S/C7H6BrN3/c1-4-2-5-6(3-9-11-5)10-7(4)8/h2-3H,1H3,(H,9,11). The lowest BCUT2D eigenvalue weighted by atomic mass is 10.3. The summed E-state index contributed by atoms with van der Waals surface area (Å²) in [5, 5.41) is 6.73. The fraction of sp³-hybridized carbons (Fsp3) is 0.143. The van der Waals surface area contributed by atoms with Crippen LogP contribution in [0.5, 0.6) is 0 Å². The van der Waals surface area contributed by atoms with Crippen LogP contribution in [-0.4, -0.2) is 15.2 Å². The molecule has 4 heteroatoms. The zero-order chi connectivity index (χ0) is 7.84. The zero-order valence-electron chi connectivity index (χ0n) is 5.93. The molecule has 0 bridgehead atoms. The molecule has 2 aromatic rings. The van der Waals surface area contributed by atoms with E-state index < -0.39 is 0 Å². The first-order valence-corrected chi connectivity index (χ1v) is 4.03. The van der Waals surface area contributed by atoms with Crippen LogP contribution in [0.1, 0.15) is 5.56 Å². The number of H-pyrrole nitrogens is 1. The quantitative estimate of drug-likeness (QED) is 0.678. The predicted molar refractivity (Wildman–Crippen MR) is 46.3 cm³/mol. The molecule has 2 aromatic heterocycles. The van der Waals surface area contributed by atoms with Crippen LogP contribution in [-0.2, 0) is 0 Å². The Bertz CT molecular complexity index is 357. The molecule has 0 unspecified atom stereocenters. The molecule has 0 amide bonds. The van der Waals surface area contributed by atoms with Gasteiger partial charge in [-0.2, -0.15) is 5.10 Å². The first kappa shape index (κ1) is 6.79. The Balaban J connectivity index is 2.86. The van der Waals surface area contributed by atoms with Gasteiger partial charge >= 0.3 is 0 Å². The lowest BCUT2D eigenvalue weighted by Crippen LogP contribution is -1.81. The van der Waals surface area contributed by atoms with Gasteiger partial charge in [-0.3, -0.25) is 5.10 Å². The second-order valence-corrected chi connectivity index (χ2v) is 3.15. The van der Waals surface area contributed by atoms with Gasteiger partial charge in [-0.25, -0.2) is 4.98 Å². The lowest BCUT2D eigenvalue weighted by Gasteiger charge is -1.94. The first-order valence-electron chi connectivity index (χ1n) is 3.23.